The van der Waals surface area contributed by atoms with Gasteiger partial charge in [0.25, 0.3) is 0 Å². The molecule has 3 rings (SSSR count). The summed E-state index contributed by atoms with van der Waals surface area (Å²) in [4.78, 5) is 0. The Bertz CT molecular complexity index is 762. The summed E-state index contributed by atoms with van der Waals surface area (Å²) < 4.78 is 1.39. The first-order chi connectivity index (χ1) is 10.1. The Balaban J connectivity index is 2.22. The molecule has 0 spiro atoms. The first-order valence-electron chi connectivity index (χ1n) is 7.33. The summed E-state index contributed by atoms with van der Waals surface area (Å²) in [5.74, 6) is 0. The van der Waals surface area contributed by atoms with E-state index in [1.165, 1.54) is 37.9 Å². The third kappa shape index (κ3) is 2.50. The minimum atomic E-state index is 0.243. The normalized spacial score (nSPS) is 12.8. The van der Waals surface area contributed by atoms with Crippen molar-refractivity contribution in [3.63, 3.8) is 0 Å². The highest BCUT2D eigenvalue weighted by Gasteiger charge is 2.19. The van der Waals surface area contributed by atoms with Crippen LogP contribution in [-0.2, 0) is 0 Å². The lowest BCUT2D eigenvalue weighted by atomic mass is 9.89. The zero-order valence-corrected chi connectivity index (χ0v) is 13.8. The van der Waals surface area contributed by atoms with Gasteiger partial charge in [-0.1, -0.05) is 35.9 Å². The molecular formula is C19H21NS. The van der Waals surface area contributed by atoms with E-state index in [1.807, 2.05) is 11.3 Å². The van der Waals surface area contributed by atoms with Gasteiger partial charge in [0.2, 0.25) is 0 Å². The Labute approximate surface area is 130 Å². The van der Waals surface area contributed by atoms with Crippen molar-refractivity contribution in [3.8, 4) is 0 Å². The number of hydrogen-bond acceptors (Lipinski definition) is 2. The van der Waals surface area contributed by atoms with Crippen molar-refractivity contribution < 1.29 is 0 Å². The zero-order chi connectivity index (χ0) is 15.0. The Kier molecular flexibility index (Phi) is 3.83. The van der Waals surface area contributed by atoms with Crippen LogP contribution in [0.25, 0.3) is 10.1 Å². The topological polar surface area (TPSA) is 12.0 Å². The molecule has 1 atom stereocenters. The molecule has 1 nitrogen and oxygen atoms in total. The zero-order valence-electron chi connectivity index (χ0n) is 13.0. The van der Waals surface area contributed by atoms with Crippen LogP contribution in [0.5, 0.6) is 0 Å². The average molecular weight is 295 g/mol. The molecule has 2 aromatic carbocycles. The SMILES string of the molecule is CNC(c1c(C)cc(C)cc1C)c1cccc2ccsc12. The number of aryl methyl sites for hydroxylation is 3. The number of hydrogen-bond donors (Lipinski definition) is 1. The number of nitrogens with one attached hydrogen (secondary N) is 1. The van der Waals surface area contributed by atoms with Crippen LogP contribution in [0.4, 0.5) is 0 Å². The fourth-order valence-electron chi connectivity index (χ4n) is 3.35. The minimum Gasteiger partial charge on any atom is -0.309 e. The van der Waals surface area contributed by atoms with Gasteiger partial charge < -0.3 is 5.32 Å². The number of rotatable bonds is 3. The molecule has 0 aliphatic heterocycles. The van der Waals surface area contributed by atoms with Gasteiger partial charge in [-0.3, -0.25) is 0 Å². The van der Waals surface area contributed by atoms with Crippen LogP contribution >= 0.6 is 11.3 Å². The number of fused-ring (bicyclic) bond motifs is 1. The molecule has 0 saturated carbocycles. The van der Waals surface area contributed by atoms with E-state index in [4.69, 9.17) is 0 Å². The van der Waals surface area contributed by atoms with Gasteiger partial charge in [-0.05, 0) is 66.9 Å². The molecule has 0 bridgehead atoms. The largest absolute Gasteiger partial charge is 0.309 e. The summed E-state index contributed by atoms with van der Waals surface area (Å²) >= 11 is 1.83. The molecule has 0 radical (unpaired) electrons. The lowest BCUT2D eigenvalue weighted by molar-refractivity contribution is 0.688. The van der Waals surface area contributed by atoms with Crippen LogP contribution < -0.4 is 5.32 Å². The molecule has 21 heavy (non-hydrogen) atoms. The smallest absolute Gasteiger partial charge is 0.0593 e. The highest BCUT2D eigenvalue weighted by molar-refractivity contribution is 7.17. The quantitative estimate of drug-likeness (QED) is 0.706. The van der Waals surface area contributed by atoms with Crippen LogP contribution in [0.3, 0.4) is 0 Å². The van der Waals surface area contributed by atoms with E-state index < -0.39 is 0 Å². The van der Waals surface area contributed by atoms with Crippen LogP contribution in [0.15, 0.2) is 41.8 Å². The highest BCUT2D eigenvalue weighted by atomic mass is 32.1. The van der Waals surface area contributed by atoms with Crippen molar-refractivity contribution in [2.24, 2.45) is 0 Å². The van der Waals surface area contributed by atoms with E-state index >= 15 is 0 Å². The van der Waals surface area contributed by atoms with Crippen molar-refractivity contribution in [1.82, 2.24) is 5.32 Å². The Morgan fingerprint density at radius 1 is 1.00 bits per heavy atom. The molecule has 108 valence electrons. The van der Waals surface area contributed by atoms with Gasteiger partial charge in [-0.25, -0.2) is 0 Å². The summed E-state index contributed by atoms with van der Waals surface area (Å²) in [7, 11) is 2.05. The molecule has 1 aromatic heterocycles. The number of benzene rings is 2. The van der Waals surface area contributed by atoms with E-state index in [0.717, 1.165) is 0 Å². The Hall–Kier alpha value is -1.64. The van der Waals surface area contributed by atoms with Crippen molar-refractivity contribution >= 4 is 21.4 Å². The van der Waals surface area contributed by atoms with Crippen molar-refractivity contribution in [3.05, 3.63) is 69.6 Å². The summed E-state index contributed by atoms with van der Waals surface area (Å²) in [6.45, 7) is 6.60. The van der Waals surface area contributed by atoms with E-state index in [9.17, 15) is 0 Å². The molecule has 0 saturated heterocycles. The lowest BCUT2D eigenvalue weighted by Crippen LogP contribution is -2.20. The third-order valence-electron chi connectivity index (χ3n) is 4.14. The molecule has 0 fully saturated rings. The summed E-state index contributed by atoms with van der Waals surface area (Å²) in [6, 6.07) is 13.6. The average Bonchev–Trinajstić information content (AvgIpc) is 2.91. The van der Waals surface area contributed by atoms with E-state index in [2.05, 4.69) is 74.9 Å². The minimum absolute atomic E-state index is 0.243. The second-order valence-electron chi connectivity index (χ2n) is 5.72. The van der Waals surface area contributed by atoms with Crippen LogP contribution in [0.1, 0.15) is 33.9 Å². The Morgan fingerprint density at radius 2 is 1.71 bits per heavy atom. The predicted octanol–water partition coefficient (Wildman–Crippen LogP) is 5.14. The maximum Gasteiger partial charge on any atom is 0.0593 e. The lowest BCUT2D eigenvalue weighted by Gasteiger charge is -2.23. The van der Waals surface area contributed by atoms with Gasteiger partial charge in [0.15, 0.2) is 0 Å². The first-order valence-corrected chi connectivity index (χ1v) is 8.21. The van der Waals surface area contributed by atoms with Gasteiger partial charge in [0.05, 0.1) is 6.04 Å². The molecule has 0 aliphatic carbocycles. The fraction of sp³-hybridized carbons (Fsp3) is 0.263. The summed E-state index contributed by atoms with van der Waals surface area (Å²) in [5, 5.41) is 7.03. The fourth-order valence-corrected chi connectivity index (χ4v) is 4.29. The third-order valence-corrected chi connectivity index (χ3v) is 5.12. The van der Waals surface area contributed by atoms with Crippen molar-refractivity contribution in [1.29, 1.82) is 0 Å². The molecule has 0 amide bonds. The molecular weight excluding hydrogens is 274 g/mol. The van der Waals surface area contributed by atoms with E-state index in [1.54, 1.807) is 0 Å². The molecule has 1 N–H and O–H groups in total. The maximum atomic E-state index is 3.52. The predicted molar refractivity (Wildman–Crippen MR) is 93.4 cm³/mol. The van der Waals surface area contributed by atoms with Crippen LogP contribution in [-0.4, -0.2) is 7.05 Å². The van der Waals surface area contributed by atoms with E-state index in [-0.39, 0.29) is 6.04 Å². The van der Waals surface area contributed by atoms with Crippen LogP contribution in [0, 0.1) is 20.8 Å². The molecule has 3 aromatic rings. The monoisotopic (exact) mass is 295 g/mol. The summed E-state index contributed by atoms with van der Waals surface area (Å²) in [6.07, 6.45) is 0. The van der Waals surface area contributed by atoms with Gasteiger partial charge in [0.1, 0.15) is 0 Å². The second-order valence-corrected chi connectivity index (χ2v) is 6.64. The molecule has 0 aliphatic rings. The van der Waals surface area contributed by atoms with Crippen molar-refractivity contribution in [2.75, 3.05) is 7.05 Å². The first kappa shape index (κ1) is 14.3. The maximum absolute atomic E-state index is 3.52. The van der Waals surface area contributed by atoms with Gasteiger partial charge in [-0.15, -0.1) is 11.3 Å². The molecule has 1 unspecified atom stereocenters. The van der Waals surface area contributed by atoms with Crippen molar-refractivity contribution in [2.45, 2.75) is 26.8 Å². The van der Waals surface area contributed by atoms with Crippen LogP contribution in [0.2, 0.25) is 0 Å². The van der Waals surface area contributed by atoms with Gasteiger partial charge in [-0.2, -0.15) is 0 Å². The van der Waals surface area contributed by atoms with E-state index in [0.29, 0.717) is 0 Å². The number of thiophene rings is 1. The molecule has 1 heterocycles. The standard InChI is InChI=1S/C19H21NS/c1-12-10-13(2)17(14(3)11-12)18(20-4)16-7-5-6-15-8-9-21-19(15)16/h5-11,18,20H,1-4H3. The summed E-state index contributed by atoms with van der Waals surface area (Å²) in [5.41, 5.74) is 6.84. The molecule has 2 heteroatoms. The Morgan fingerprint density at radius 3 is 2.38 bits per heavy atom. The van der Waals surface area contributed by atoms with Gasteiger partial charge in [0, 0.05) is 4.70 Å². The highest BCUT2D eigenvalue weighted by Crippen LogP contribution is 2.35. The second kappa shape index (κ2) is 5.63. The van der Waals surface area contributed by atoms with Gasteiger partial charge >= 0.3 is 0 Å².